The van der Waals surface area contributed by atoms with Gasteiger partial charge in [0.2, 0.25) is 5.91 Å². The summed E-state index contributed by atoms with van der Waals surface area (Å²) in [6.45, 7) is 2.84. The predicted molar refractivity (Wildman–Crippen MR) is 113 cm³/mol. The second-order valence-electron chi connectivity index (χ2n) is 6.80. The Morgan fingerprint density at radius 3 is 2.69 bits per heavy atom. The molecule has 0 bridgehead atoms. The fraction of sp³-hybridized carbons (Fsp3) is 0.391. The van der Waals surface area contributed by atoms with Gasteiger partial charge < -0.3 is 19.9 Å². The molecule has 0 fully saturated rings. The van der Waals surface area contributed by atoms with Gasteiger partial charge in [-0.2, -0.15) is 0 Å². The molecule has 1 aliphatic carbocycles. The molecule has 6 nitrogen and oxygen atoms in total. The molecule has 2 atom stereocenters. The number of carbonyl (C=O) groups excluding carboxylic acids is 1. The van der Waals surface area contributed by atoms with E-state index in [1.807, 2.05) is 18.2 Å². The third kappa shape index (κ3) is 7.33. The zero-order valence-electron chi connectivity index (χ0n) is 17.0. The van der Waals surface area contributed by atoms with Crippen molar-refractivity contribution in [1.82, 2.24) is 0 Å². The van der Waals surface area contributed by atoms with E-state index in [1.54, 1.807) is 31.4 Å². The highest BCUT2D eigenvalue weighted by Gasteiger charge is 2.20. The van der Waals surface area contributed by atoms with Gasteiger partial charge in [-0.1, -0.05) is 50.5 Å². The van der Waals surface area contributed by atoms with E-state index >= 15 is 0 Å². The monoisotopic (exact) mass is 399 g/mol. The van der Waals surface area contributed by atoms with Crippen LogP contribution in [0.25, 0.3) is 0 Å². The molecule has 2 unspecified atom stereocenters. The Morgan fingerprint density at radius 2 is 1.97 bits per heavy atom. The quantitative estimate of drug-likeness (QED) is 0.427. The number of anilines is 1. The molecule has 1 aromatic carbocycles. The third-order valence-electron chi connectivity index (χ3n) is 4.58. The number of ether oxygens (including phenoxy) is 2. The van der Waals surface area contributed by atoms with Crippen molar-refractivity contribution in [2.24, 2.45) is 0 Å². The molecule has 2 N–H and O–H groups in total. The molecular formula is C23H29NO5. The number of carboxylic acid groups (broad SMARTS) is 1. The molecule has 1 aliphatic rings. The minimum atomic E-state index is -1.09. The predicted octanol–water partition coefficient (Wildman–Crippen LogP) is 4.36. The van der Waals surface area contributed by atoms with Crippen LogP contribution < -0.4 is 5.32 Å². The van der Waals surface area contributed by atoms with Crippen LogP contribution in [0, 0.1) is 0 Å². The summed E-state index contributed by atoms with van der Waals surface area (Å²) in [6, 6.07) is 6.29. The molecule has 0 aliphatic heterocycles. The van der Waals surface area contributed by atoms with Crippen LogP contribution >= 0.6 is 0 Å². The van der Waals surface area contributed by atoms with Gasteiger partial charge in [-0.25, -0.2) is 4.79 Å². The number of unbranched alkanes of at least 4 members (excludes halogenated alkanes) is 3. The molecular weight excluding hydrogens is 370 g/mol. The van der Waals surface area contributed by atoms with Crippen molar-refractivity contribution >= 4 is 17.6 Å². The molecule has 1 aromatic rings. The Hall–Kier alpha value is -2.70. The molecule has 1 amide bonds. The molecule has 0 saturated carbocycles. The van der Waals surface area contributed by atoms with Crippen molar-refractivity contribution < 1.29 is 24.2 Å². The molecule has 0 heterocycles. The summed E-state index contributed by atoms with van der Waals surface area (Å²) >= 11 is 0. The first-order chi connectivity index (χ1) is 14.0. The minimum Gasteiger partial charge on any atom is -0.478 e. The summed E-state index contributed by atoms with van der Waals surface area (Å²) in [5.74, 6) is -1.49. The standard InChI is InChI=1S/C23H29NO5/c1-3-4-5-8-15-29-21-16-17(11-13-20(21)28-2)12-14-22(25)24-19-10-7-6-9-18(19)23(26)27/h6-7,9-14,16,20-21H,3-5,8,15H2,1-2H3,(H,24,25)(H,26,27)/b14-12+. The zero-order valence-corrected chi connectivity index (χ0v) is 17.0. The van der Waals surface area contributed by atoms with Gasteiger partial charge in [-0.3, -0.25) is 4.79 Å². The number of rotatable bonds is 11. The molecule has 0 radical (unpaired) electrons. The van der Waals surface area contributed by atoms with Crippen LogP contribution in [0.1, 0.15) is 43.0 Å². The van der Waals surface area contributed by atoms with Gasteiger partial charge in [0.1, 0.15) is 12.2 Å². The lowest BCUT2D eigenvalue weighted by atomic mass is 10.0. The maximum atomic E-state index is 12.2. The van der Waals surface area contributed by atoms with Gasteiger partial charge in [-0.05, 0) is 36.3 Å². The van der Waals surface area contributed by atoms with E-state index in [0.29, 0.717) is 6.61 Å². The Bertz CT molecular complexity index is 781. The van der Waals surface area contributed by atoms with Crippen LogP contribution in [0.3, 0.4) is 0 Å². The van der Waals surface area contributed by atoms with Crippen LogP contribution in [0.4, 0.5) is 5.69 Å². The molecule has 6 heteroatoms. The number of amides is 1. The van der Waals surface area contributed by atoms with E-state index < -0.39 is 11.9 Å². The first kappa shape index (κ1) is 22.6. The Kier molecular flexibility index (Phi) is 9.34. The number of hydrogen-bond acceptors (Lipinski definition) is 4. The third-order valence-corrected chi connectivity index (χ3v) is 4.58. The Labute approximate surface area is 171 Å². The maximum absolute atomic E-state index is 12.2. The van der Waals surface area contributed by atoms with E-state index in [1.165, 1.54) is 25.0 Å². The fourth-order valence-corrected chi connectivity index (χ4v) is 3.00. The number of allylic oxidation sites excluding steroid dienone is 3. The van der Waals surface area contributed by atoms with Crippen molar-refractivity contribution in [3.05, 3.63) is 65.8 Å². The van der Waals surface area contributed by atoms with Gasteiger partial charge in [0.05, 0.1) is 11.3 Å². The first-order valence-corrected chi connectivity index (χ1v) is 9.91. The average Bonchev–Trinajstić information content (AvgIpc) is 2.72. The van der Waals surface area contributed by atoms with Crippen LogP contribution in [-0.2, 0) is 14.3 Å². The van der Waals surface area contributed by atoms with Gasteiger partial charge in [0.15, 0.2) is 0 Å². The highest BCUT2D eigenvalue weighted by atomic mass is 16.5. The number of hydrogen-bond donors (Lipinski definition) is 2. The van der Waals surface area contributed by atoms with E-state index in [2.05, 4.69) is 12.2 Å². The van der Waals surface area contributed by atoms with Gasteiger partial charge >= 0.3 is 5.97 Å². The Morgan fingerprint density at radius 1 is 1.17 bits per heavy atom. The van der Waals surface area contributed by atoms with Crippen LogP contribution in [-0.4, -0.2) is 42.9 Å². The number of carboxylic acids is 1. The average molecular weight is 399 g/mol. The summed E-state index contributed by atoms with van der Waals surface area (Å²) in [5.41, 5.74) is 1.14. The summed E-state index contributed by atoms with van der Waals surface area (Å²) in [5, 5.41) is 11.8. The largest absolute Gasteiger partial charge is 0.478 e. The number of benzene rings is 1. The fourth-order valence-electron chi connectivity index (χ4n) is 3.00. The van der Waals surface area contributed by atoms with Crippen molar-refractivity contribution in [1.29, 1.82) is 0 Å². The number of aromatic carboxylic acids is 1. The minimum absolute atomic E-state index is 0.0468. The van der Waals surface area contributed by atoms with E-state index in [-0.39, 0.29) is 23.5 Å². The summed E-state index contributed by atoms with van der Waals surface area (Å²) < 4.78 is 11.4. The SMILES string of the molecule is CCCCCCOC1C=C(/C=C/C(=O)Nc2ccccc2C(=O)O)C=CC1OC. The van der Waals surface area contributed by atoms with Crippen molar-refractivity contribution in [3.8, 4) is 0 Å². The maximum Gasteiger partial charge on any atom is 0.337 e. The smallest absolute Gasteiger partial charge is 0.337 e. The van der Waals surface area contributed by atoms with Gasteiger partial charge in [0, 0.05) is 19.8 Å². The van der Waals surface area contributed by atoms with Crippen molar-refractivity contribution in [2.45, 2.75) is 44.8 Å². The molecule has 0 saturated heterocycles. The highest BCUT2D eigenvalue weighted by molar-refractivity contribution is 6.04. The first-order valence-electron chi connectivity index (χ1n) is 9.91. The number of methoxy groups -OCH3 is 1. The second-order valence-corrected chi connectivity index (χ2v) is 6.80. The Balaban J connectivity index is 1.96. The number of nitrogens with one attached hydrogen (secondary N) is 1. The highest BCUT2D eigenvalue weighted by Crippen LogP contribution is 2.19. The van der Waals surface area contributed by atoms with Crippen molar-refractivity contribution in [2.75, 3.05) is 19.0 Å². The lowest BCUT2D eigenvalue weighted by Crippen LogP contribution is -2.30. The van der Waals surface area contributed by atoms with Crippen molar-refractivity contribution in [3.63, 3.8) is 0 Å². The topological polar surface area (TPSA) is 84.9 Å². The zero-order chi connectivity index (χ0) is 21.1. The number of carbonyl (C=O) groups is 2. The normalized spacial score (nSPS) is 18.6. The van der Waals surface area contributed by atoms with Crippen LogP contribution in [0.15, 0.2) is 60.2 Å². The summed E-state index contributed by atoms with van der Waals surface area (Å²) in [7, 11) is 1.64. The van der Waals surface area contributed by atoms with Gasteiger partial charge in [0.25, 0.3) is 0 Å². The van der Waals surface area contributed by atoms with E-state index in [0.717, 1.165) is 18.4 Å². The molecule has 2 rings (SSSR count). The van der Waals surface area contributed by atoms with Crippen LogP contribution in [0.2, 0.25) is 0 Å². The molecule has 29 heavy (non-hydrogen) atoms. The second kappa shape index (κ2) is 12.0. The van der Waals surface area contributed by atoms with Crippen LogP contribution in [0.5, 0.6) is 0 Å². The molecule has 0 aromatic heterocycles. The lowest BCUT2D eigenvalue weighted by molar-refractivity contribution is -0.111. The summed E-state index contributed by atoms with van der Waals surface area (Å²) in [6.07, 6.45) is 12.9. The van der Waals surface area contributed by atoms with E-state index in [9.17, 15) is 14.7 Å². The van der Waals surface area contributed by atoms with Gasteiger partial charge in [-0.15, -0.1) is 0 Å². The van der Waals surface area contributed by atoms with E-state index in [4.69, 9.17) is 9.47 Å². The number of para-hydroxylation sites is 1. The summed E-state index contributed by atoms with van der Waals surface area (Å²) in [4.78, 5) is 23.4. The molecule has 156 valence electrons. The molecule has 0 spiro atoms. The lowest BCUT2D eigenvalue weighted by Gasteiger charge is -2.24.